The summed E-state index contributed by atoms with van der Waals surface area (Å²) in [7, 11) is 0. The van der Waals surface area contributed by atoms with Gasteiger partial charge in [0.1, 0.15) is 13.2 Å². The minimum atomic E-state index is -0.791. The van der Waals surface area contributed by atoms with Crippen LogP contribution in [-0.4, -0.2) is 37.2 Å². The summed E-state index contributed by atoms with van der Waals surface area (Å²) in [5, 5.41) is 0. The van der Waals surface area contributed by atoms with Crippen molar-refractivity contribution in [3.63, 3.8) is 0 Å². The first-order valence-electron chi connectivity index (χ1n) is 32.6. The molecule has 438 valence electrons. The summed E-state index contributed by atoms with van der Waals surface area (Å²) in [5.74, 6) is -0.925. The Morgan fingerprint density at radius 1 is 0.276 bits per heavy atom. The summed E-state index contributed by atoms with van der Waals surface area (Å²) in [5.41, 5.74) is 0. The van der Waals surface area contributed by atoms with Crippen molar-refractivity contribution in [2.75, 3.05) is 13.2 Å². The van der Waals surface area contributed by atoms with Crippen LogP contribution in [0.15, 0.2) is 85.1 Å². The van der Waals surface area contributed by atoms with E-state index in [1.54, 1.807) is 0 Å². The lowest BCUT2D eigenvalue weighted by Crippen LogP contribution is -2.30. The molecule has 0 spiro atoms. The van der Waals surface area contributed by atoms with E-state index < -0.39 is 6.10 Å². The molecule has 0 saturated heterocycles. The SMILES string of the molecule is CC/C=C\C/C=C\C/C=C\C/C=C\C/C=C\C/C=C\C/C=C\CCCCCC(=O)OC(COC(=O)CCCCCCC)COC(=O)CCCCCCCCCCCCCCCCCCCCCCCCCCCCCC. The second-order valence-corrected chi connectivity index (χ2v) is 21.7. The van der Waals surface area contributed by atoms with Crippen LogP contribution in [0.3, 0.4) is 0 Å². The molecule has 0 bridgehead atoms. The van der Waals surface area contributed by atoms with E-state index in [9.17, 15) is 14.4 Å². The predicted molar refractivity (Wildman–Crippen MR) is 330 cm³/mol. The summed E-state index contributed by atoms with van der Waals surface area (Å²) < 4.78 is 16.7. The van der Waals surface area contributed by atoms with Crippen LogP contribution in [0.4, 0.5) is 0 Å². The molecule has 6 heteroatoms. The average Bonchev–Trinajstić information content (AvgIpc) is 3.42. The smallest absolute Gasteiger partial charge is 0.306 e. The van der Waals surface area contributed by atoms with Crippen LogP contribution >= 0.6 is 0 Å². The quantitative estimate of drug-likeness (QED) is 0.0261. The van der Waals surface area contributed by atoms with Gasteiger partial charge in [-0.2, -0.15) is 0 Å². The highest BCUT2D eigenvalue weighted by molar-refractivity contribution is 5.71. The minimum Gasteiger partial charge on any atom is -0.462 e. The standard InChI is InChI=1S/C70H122O6/c1-4-7-10-13-15-17-19-21-23-25-27-29-31-33-34-35-37-38-40-42-44-46-48-50-52-54-57-60-63-69(72)75-66-67(65-74-68(71)62-59-56-12-9-6-3)76-70(73)64-61-58-55-53-51-49-47-45-43-41-39-36-32-30-28-26-24-22-20-18-16-14-11-8-5-2/h8,11,16,18,22,24,28,30,36,39,43,45,49,51,67H,4-7,9-10,12-15,17,19-21,23,25-27,29,31-35,37-38,40-42,44,46-48,50,52-66H2,1-3H3/b11-8-,18-16-,24-22-,30-28-,39-36-,45-43-,51-49-. The fraction of sp³-hybridized carbons (Fsp3) is 0.757. The monoisotopic (exact) mass is 1060 g/mol. The molecule has 0 aromatic carbocycles. The Kier molecular flexibility index (Phi) is 61.2. The van der Waals surface area contributed by atoms with Gasteiger partial charge in [0.25, 0.3) is 0 Å². The van der Waals surface area contributed by atoms with Gasteiger partial charge in [-0.3, -0.25) is 14.4 Å². The number of allylic oxidation sites excluding steroid dienone is 14. The van der Waals surface area contributed by atoms with Gasteiger partial charge < -0.3 is 14.2 Å². The molecular formula is C70H122O6. The number of hydrogen-bond acceptors (Lipinski definition) is 6. The normalized spacial score (nSPS) is 12.6. The number of rotatable bonds is 59. The molecule has 0 N–H and O–H groups in total. The lowest BCUT2D eigenvalue weighted by atomic mass is 10.0. The van der Waals surface area contributed by atoms with Crippen LogP contribution in [0, 0.1) is 0 Å². The second-order valence-electron chi connectivity index (χ2n) is 21.7. The number of esters is 3. The fourth-order valence-corrected chi connectivity index (χ4v) is 9.31. The summed E-state index contributed by atoms with van der Waals surface area (Å²) in [6, 6.07) is 0. The highest BCUT2D eigenvalue weighted by Gasteiger charge is 2.19. The number of hydrogen-bond donors (Lipinski definition) is 0. The van der Waals surface area contributed by atoms with E-state index in [2.05, 4.69) is 106 Å². The molecule has 1 atom stereocenters. The molecule has 0 radical (unpaired) electrons. The molecule has 76 heavy (non-hydrogen) atoms. The van der Waals surface area contributed by atoms with Crippen molar-refractivity contribution in [1.82, 2.24) is 0 Å². The van der Waals surface area contributed by atoms with Gasteiger partial charge in [0.05, 0.1) is 0 Å². The van der Waals surface area contributed by atoms with E-state index in [0.717, 1.165) is 116 Å². The zero-order chi connectivity index (χ0) is 55.0. The number of unbranched alkanes of at least 4 members (excludes halogenated alkanes) is 34. The number of carbonyl (C=O) groups is 3. The molecule has 0 aliphatic carbocycles. The Morgan fingerprint density at radius 2 is 0.513 bits per heavy atom. The third-order valence-corrected chi connectivity index (χ3v) is 14.2. The second kappa shape index (κ2) is 64.1. The molecule has 1 unspecified atom stereocenters. The zero-order valence-electron chi connectivity index (χ0n) is 50.3. The van der Waals surface area contributed by atoms with Crippen LogP contribution in [-0.2, 0) is 28.6 Å². The summed E-state index contributed by atoms with van der Waals surface area (Å²) in [4.78, 5) is 37.9. The predicted octanol–water partition coefficient (Wildman–Crippen LogP) is 22.3. The molecule has 0 aliphatic rings. The van der Waals surface area contributed by atoms with Gasteiger partial charge in [0, 0.05) is 19.3 Å². The Morgan fingerprint density at radius 3 is 0.803 bits per heavy atom. The molecule has 6 nitrogen and oxygen atoms in total. The lowest BCUT2D eigenvalue weighted by Gasteiger charge is -2.18. The molecule has 0 aromatic rings. The van der Waals surface area contributed by atoms with Crippen molar-refractivity contribution in [3.05, 3.63) is 85.1 Å². The van der Waals surface area contributed by atoms with E-state index in [1.807, 2.05) is 0 Å². The number of ether oxygens (including phenoxy) is 3. The summed E-state index contributed by atoms with van der Waals surface area (Å²) in [6.07, 6.45) is 85.1. The summed E-state index contributed by atoms with van der Waals surface area (Å²) >= 11 is 0. The van der Waals surface area contributed by atoms with E-state index in [0.29, 0.717) is 12.8 Å². The van der Waals surface area contributed by atoms with Crippen molar-refractivity contribution in [2.45, 2.75) is 329 Å². The third-order valence-electron chi connectivity index (χ3n) is 14.2. The van der Waals surface area contributed by atoms with Gasteiger partial charge in [0.15, 0.2) is 6.10 Å². The van der Waals surface area contributed by atoms with Crippen LogP contribution < -0.4 is 0 Å². The molecule has 0 saturated carbocycles. The lowest BCUT2D eigenvalue weighted by molar-refractivity contribution is -0.167. The van der Waals surface area contributed by atoms with Crippen LogP contribution in [0.25, 0.3) is 0 Å². The Bertz CT molecular complexity index is 1450. The van der Waals surface area contributed by atoms with Crippen molar-refractivity contribution in [2.24, 2.45) is 0 Å². The van der Waals surface area contributed by atoms with E-state index in [1.165, 1.54) is 167 Å². The molecule has 0 fully saturated rings. The van der Waals surface area contributed by atoms with E-state index in [-0.39, 0.29) is 37.5 Å². The van der Waals surface area contributed by atoms with Gasteiger partial charge in [-0.25, -0.2) is 0 Å². The Labute approximate surface area is 471 Å². The van der Waals surface area contributed by atoms with Gasteiger partial charge in [0.2, 0.25) is 0 Å². The van der Waals surface area contributed by atoms with Crippen LogP contribution in [0.5, 0.6) is 0 Å². The Hall–Kier alpha value is -3.41. The first kappa shape index (κ1) is 72.6. The zero-order valence-corrected chi connectivity index (χ0v) is 50.3. The van der Waals surface area contributed by atoms with E-state index >= 15 is 0 Å². The molecule has 0 aliphatic heterocycles. The molecule has 0 aromatic heterocycles. The van der Waals surface area contributed by atoms with Crippen molar-refractivity contribution >= 4 is 17.9 Å². The number of carbonyl (C=O) groups excluding carboxylic acids is 3. The topological polar surface area (TPSA) is 78.9 Å². The largest absolute Gasteiger partial charge is 0.462 e. The van der Waals surface area contributed by atoms with Gasteiger partial charge in [-0.05, 0) is 77.0 Å². The Balaban J connectivity index is 4.06. The maximum Gasteiger partial charge on any atom is 0.306 e. The highest BCUT2D eigenvalue weighted by Crippen LogP contribution is 2.17. The first-order valence-corrected chi connectivity index (χ1v) is 32.6. The minimum absolute atomic E-state index is 0.0878. The van der Waals surface area contributed by atoms with E-state index in [4.69, 9.17) is 14.2 Å². The van der Waals surface area contributed by atoms with Gasteiger partial charge in [-0.15, -0.1) is 0 Å². The summed E-state index contributed by atoms with van der Waals surface area (Å²) in [6.45, 7) is 6.45. The first-order chi connectivity index (χ1) is 37.5. The maximum atomic E-state index is 12.8. The molecule has 0 amide bonds. The van der Waals surface area contributed by atoms with Crippen molar-refractivity contribution in [1.29, 1.82) is 0 Å². The molecular weight excluding hydrogens is 937 g/mol. The van der Waals surface area contributed by atoms with Crippen LogP contribution in [0.2, 0.25) is 0 Å². The highest BCUT2D eigenvalue weighted by atomic mass is 16.6. The third kappa shape index (κ3) is 61.4. The fourth-order valence-electron chi connectivity index (χ4n) is 9.31. The van der Waals surface area contributed by atoms with Crippen molar-refractivity contribution < 1.29 is 28.6 Å². The maximum absolute atomic E-state index is 12.8. The van der Waals surface area contributed by atoms with Crippen molar-refractivity contribution in [3.8, 4) is 0 Å². The van der Waals surface area contributed by atoms with Gasteiger partial charge in [-0.1, -0.05) is 311 Å². The van der Waals surface area contributed by atoms with Gasteiger partial charge >= 0.3 is 17.9 Å². The molecule has 0 heterocycles. The average molecular weight is 1060 g/mol. The van der Waals surface area contributed by atoms with Crippen LogP contribution in [0.1, 0.15) is 323 Å². The molecule has 0 rings (SSSR count).